The highest BCUT2D eigenvalue weighted by Crippen LogP contribution is 2.38. The SMILES string of the molecule is COC(=O)c1c(NC(=O)c2ccc(N3CCOCC3)cc2)sc2c1CCCC2. The van der Waals surface area contributed by atoms with Gasteiger partial charge in [0.25, 0.3) is 5.91 Å². The summed E-state index contributed by atoms with van der Waals surface area (Å²) in [6.07, 6.45) is 3.99. The molecule has 1 N–H and O–H groups in total. The second-order valence-corrected chi connectivity index (χ2v) is 8.11. The van der Waals surface area contributed by atoms with E-state index in [1.54, 1.807) is 0 Å². The van der Waals surface area contributed by atoms with Crippen LogP contribution in [-0.2, 0) is 22.3 Å². The van der Waals surface area contributed by atoms with Crippen LogP contribution in [0.5, 0.6) is 0 Å². The van der Waals surface area contributed by atoms with Crippen LogP contribution in [0.2, 0.25) is 0 Å². The zero-order valence-corrected chi connectivity index (χ0v) is 16.8. The lowest BCUT2D eigenvalue weighted by atomic mass is 9.95. The summed E-state index contributed by atoms with van der Waals surface area (Å²) in [5.74, 6) is -0.588. The molecule has 1 amide bonds. The molecule has 7 heteroatoms. The summed E-state index contributed by atoms with van der Waals surface area (Å²) in [7, 11) is 1.38. The molecule has 1 aliphatic heterocycles. The topological polar surface area (TPSA) is 67.9 Å². The summed E-state index contributed by atoms with van der Waals surface area (Å²) in [6.45, 7) is 3.16. The third kappa shape index (κ3) is 3.77. The van der Waals surface area contributed by atoms with Crippen molar-refractivity contribution in [3.63, 3.8) is 0 Å². The van der Waals surface area contributed by atoms with Crippen LogP contribution < -0.4 is 10.2 Å². The number of carbonyl (C=O) groups is 2. The summed E-state index contributed by atoms with van der Waals surface area (Å²) in [4.78, 5) is 28.5. The van der Waals surface area contributed by atoms with Crippen molar-refractivity contribution in [3.05, 3.63) is 45.8 Å². The van der Waals surface area contributed by atoms with Gasteiger partial charge in [0.05, 0.1) is 25.9 Å². The first-order chi connectivity index (χ1) is 13.7. The van der Waals surface area contributed by atoms with Crippen LogP contribution in [0.15, 0.2) is 24.3 Å². The maximum absolute atomic E-state index is 12.8. The Labute approximate surface area is 168 Å². The number of amides is 1. The molecule has 0 atom stereocenters. The van der Waals surface area contributed by atoms with E-state index in [9.17, 15) is 9.59 Å². The number of aryl methyl sites for hydroxylation is 1. The van der Waals surface area contributed by atoms with Gasteiger partial charge in [0, 0.05) is 29.2 Å². The minimum absolute atomic E-state index is 0.211. The van der Waals surface area contributed by atoms with Crippen molar-refractivity contribution in [2.24, 2.45) is 0 Å². The number of thiophene rings is 1. The lowest BCUT2D eigenvalue weighted by molar-refractivity contribution is 0.0601. The van der Waals surface area contributed by atoms with Crippen LogP contribution in [0.4, 0.5) is 10.7 Å². The first-order valence-corrected chi connectivity index (χ1v) is 10.5. The van der Waals surface area contributed by atoms with Crippen molar-refractivity contribution in [3.8, 4) is 0 Å². The van der Waals surface area contributed by atoms with Gasteiger partial charge < -0.3 is 19.7 Å². The highest BCUT2D eigenvalue weighted by atomic mass is 32.1. The monoisotopic (exact) mass is 400 g/mol. The van der Waals surface area contributed by atoms with Gasteiger partial charge in [-0.1, -0.05) is 0 Å². The average Bonchev–Trinajstić information content (AvgIpc) is 3.11. The Kier molecular flexibility index (Phi) is 5.64. The van der Waals surface area contributed by atoms with Crippen LogP contribution in [0.1, 0.15) is 44.0 Å². The third-order valence-electron chi connectivity index (χ3n) is 5.29. The fraction of sp³-hybridized carbons (Fsp3) is 0.429. The van der Waals surface area contributed by atoms with Crippen molar-refractivity contribution < 1.29 is 19.1 Å². The van der Waals surface area contributed by atoms with E-state index in [1.807, 2.05) is 24.3 Å². The molecule has 2 aliphatic rings. The van der Waals surface area contributed by atoms with Crippen LogP contribution >= 0.6 is 11.3 Å². The Morgan fingerprint density at radius 1 is 1.11 bits per heavy atom. The summed E-state index contributed by atoms with van der Waals surface area (Å²) >= 11 is 1.50. The number of anilines is 2. The summed E-state index contributed by atoms with van der Waals surface area (Å²) in [5, 5.41) is 3.54. The number of fused-ring (bicyclic) bond motifs is 1. The predicted molar refractivity (Wildman–Crippen MR) is 110 cm³/mol. The standard InChI is InChI=1S/C21H24N2O4S/c1-26-21(25)18-16-4-2-3-5-17(16)28-20(18)22-19(24)14-6-8-15(9-7-14)23-10-12-27-13-11-23/h6-9H,2-5,10-13H2,1H3,(H,22,24). The summed E-state index contributed by atoms with van der Waals surface area (Å²) < 4.78 is 10.4. The van der Waals surface area contributed by atoms with Gasteiger partial charge in [-0.15, -0.1) is 11.3 Å². The van der Waals surface area contributed by atoms with E-state index in [2.05, 4.69) is 10.2 Å². The minimum Gasteiger partial charge on any atom is -0.465 e. The Hall–Kier alpha value is -2.38. The fourth-order valence-corrected chi connectivity index (χ4v) is 5.06. The van der Waals surface area contributed by atoms with Crippen molar-refractivity contribution >= 4 is 33.9 Å². The molecule has 0 saturated carbocycles. The molecule has 2 aromatic rings. The predicted octanol–water partition coefficient (Wildman–Crippen LogP) is 3.50. The van der Waals surface area contributed by atoms with Gasteiger partial charge in [0.1, 0.15) is 5.00 Å². The number of benzene rings is 1. The maximum atomic E-state index is 12.8. The van der Waals surface area contributed by atoms with Gasteiger partial charge in [-0.2, -0.15) is 0 Å². The maximum Gasteiger partial charge on any atom is 0.341 e. The second kappa shape index (κ2) is 8.32. The summed E-state index contributed by atoms with van der Waals surface area (Å²) in [6, 6.07) is 7.57. The van der Waals surface area contributed by atoms with Gasteiger partial charge in [-0.3, -0.25) is 4.79 Å². The van der Waals surface area contributed by atoms with Crippen LogP contribution in [0.3, 0.4) is 0 Å². The van der Waals surface area contributed by atoms with E-state index in [0.29, 0.717) is 16.1 Å². The molecule has 1 aliphatic carbocycles. The van der Waals surface area contributed by atoms with Crippen molar-refractivity contribution in [1.82, 2.24) is 0 Å². The minimum atomic E-state index is -0.377. The van der Waals surface area contributed by atoms with Crippen molar-refractivity contribution in [2.45, 2.75) is 25.7 Å². The Morgan fingerprint density at radius 2 is 1.82 bits per heavy atom. The molecular weight excluding hydrogens is 376 g/mol. The highest BCUT2D eigenvalue weighted by Gasteiger charge is 2.27. The smallest absolute Gasteiger partial charge is 0.341 e. The molecule has 1 aromatic carbocycles. The number of nitrogens with one attached hydrogen (secondary N) is 1. The number of esters is 1. The molecule has 0 spiro atoms. The quantitative estimate of drug-likeness (QED) is 0.796. The number of hydrogen-bond donors (Lipinski definition) is 1. The lowest BCUT2D eigenvalue weighted by Crippen LogP contribution is -2.36. The van der Waals surface area contributed by atoms with Gasteiger partial charge >= 0.3 is 5.97 Å². The molecule has 1 aromatic heterocycles. The van der Waals surface area contributed by atoms with E-state index in [4.69, 9.17) is 9.47 Å². The highest BCUT2D eigenvalue weighted by molar-refractivity contribution is 7.17. The largest absolute Gasteiger partial charge is 0.465 e. The van der Waals surface area contributed by atoms with E-state index in [1.165, 1.54) is 23.3 Å². The van der Waals surface area contributed by atoms with Gasteiger partial charge in [0.2, 0.25) is 0 Å². The Morgan fingerprint density at radius 3 is 2.54 bits per heavy atom. The molecule has 0 unspecified atom stereocenters. The molecule has 28 heavy (non-hydrogen) atoms. The lowest BCUT2D eigenvalue weighted by Gasteiger charge is -2.28. The average molecular weight is 401 g/mol. The first kappa shape index (κ1) is 19.0. The Bertz CT molecular complexity index is 869. The van der Waals surface area contributed by atoms with Crippen LogP contribution in [0, 0.1) is 0 Å². The van der Waals surface area contributed by atoms with Gasteiger partial charge in [-0.25, -0.2) is 4.79 Å². The number of nitrogens with zero attached hydrogens (tertiary/aromatic N) is 1. The molecule has 148 valence electrons. The molecule has 6 nitrogen and oxygen atoms in total. The van der Waals surface area contributed by atoms with Crippen LogP contribution in [0.25, 0.3) is 0 Å². The van der Waals surface area contributed by atoms with Crippen LogP contribution in [-0.4, -0.2) is 45.3 Å². The number of morpholine rings is 1. The number of hydrogen-bond acceptors (Lipinski definition) is 6. The zero-order chi connectivity index (χ0) is 19.5. The molecule has 4 rings (SSSR count). The van der Waals surface area contributed by atoms with Gasteiger partial charge in [0.15, 0.2) is 0 Å². The van der Waals surface area contributed by atoms with E-state index >= 15 is 0 Å². The number of rotatable bonds is 4. The molecule has 1 fully saturated rings. The molecule has 1 saturated heterocycles. The summed E-state index contributed by atoms with van der Waals surface area (Å²) in [5.41, 5.74) is 3.22. The number of ether oxygens (including phenoxy) is 2. The zero-order valence-electron chi connectivity index (χ0n) is 16.0. The van der Waals surface area contributed by atoms with E-state index in [0.717, 1.165) is 63.2 Å². The van der Waals surface area contributed by atoms with Crippen molar-refractivity contribution in [1.29, 1.82) is 0 Å². The fourth-order valence-electron chi connectivity index (χ4n) is 3.79. The van der Waals surface area contributed by atoms with Gasteiger partial charge in [-0.05, 0) is 55.5 Å². The van der Waals surface area contributed by atoms with E-state index in [-0.39, 0.29) is 11.9 Å². The van der Waals surface area contributed by atoms with E-state index < -0.39 is 0 Å². The van der Waals surface area contributed by atoms with Crippen molar-refractivity contribution in [2.75, 3.05) is 43.6 Å². The molecule has 2 heterocycles. The second-order valence-electron chi connectivity index (χ2n) is 7.01. The molecule has 0 bridgehead atoms. The normalized spacial score (nSPS) is 16.4. The number of methoxy groups -OCH3 is 1. The first-order valence-electron chi connectivity index (χ1n) is 9.64. The number of carbonyl (C=O) groups excluding carboxylic acids is 2. The molecular formula is C21H24N2O4S. The third-order valence-corrected chi connectivity index (χ3v) is 6.50. The Balaban J connectivity index is 1.53. The molecule has 0 radical (unpaired) electrons.